The zero-order chi connectivity index (χ0) is 21.1. The highest BCUT2D eigenvalue weighted by molar-refractivity contribution is 5.94. The predicted molar refractivity (Wildman–Crippen MR) is 112 cm³/mol. The normalized spacial score (nSPS) is 28.2. The lowest BCUT2D eigenvalue weighted by atomic mass is 9.82. The molecule has 0 aromatic carbocycles. The molecule has 1 unspecified atom stereocenters. The van der Waals surface area contributed by atoms with Crippen molar-refractivity contribution in [1.82, 2.24) is 14.7 Å². The van der Waals surface area contributed by atoms with Crippen LogP contribution in [0.25, 0.3) is 0 Å². The molecule has 2 amide bonds. The Balaban J connectivity index is 1.18. The van der Waals surface area contributed by atoms with Crippen LogP contribution in [0, 0.1) is 11.3 Å². The number of carbonyl (C=O) groups is 2. The monoisotopic (exact) mass is 418 g/mol. The molecule has 2 aliphatic heterocycles. The van der Waals surface area contributed by atoms with Crippen LogP contribution in [-0.4, -0.2) is 65.0 Å². The van der Waals surface area contributed by atoms with Gasteiger partial charge >= 0.3 is 0 Å². The zero-order valence-electron chi connectivity index (χ0n) is 18.1. The molecule has 1 atom stereocenters. The van der Waals surface area contributed by atoms with Gasteiger partial charge < -0.3 is 19.7 Å². The molecular formula is C22H34N4O4. The molecule has 8 heteroatoms. The lowest BCUT2D eigenvalue weighted by Gasteiger charge is -2.48. The quantitative estimate of drug-likeness (QED) is 0.735. The van der Waals surface area contributed by atoms with Gasteiger partial charge in [0.15, 0.2) is 0 Å². The zero-order valence-corrected chi connectivity index (χ0v) is 18.1. The number of nitrogens with one attached hydrogen (secondary N) is 1. The molecule has 0 radical (unpaired) electrons. The van der Waals surface area contributed by atoms with Crippen molar-refractivity contribution in [1.29, 1.82) is 0 Å². The van der Waals surface area contributed by atoms with Crippen LogP contribution >= 0.6 is 0 Å². The fourth-order valence-corrected chi connectivity index (χ4v) is 4.62. The number of hydrogen-bond donors (Lipinski definition) is 1. The third-order valence-electron chi connectivity index (χ3n) is 6.55. The van der Waals surface area contributed by atoms with E-state index in [0.717, 1.165) is 51.3 Å². The molecule has 1 aromatic heterocycles. The van der Waals surface area contributed by atoms with E-state index in [0.29, 0.717) is 18.4 Å². The number of nitrogens with zero attached hydrogens (tertiary/aromatic N) is 3. The van der Waals surface area contributed by atoms with Crippen molar-refractivity contribution in [2.75, 3.05) is 31.6 Å². The first-order valence-corrected chi connectivity index (χ1v) is 11.2. The Morgan fingerprint density at radius 1 is 1.27 bits per heavy atom. The van der Waals surface area contributed by atoms with Gasteiger partial charge in [0, 0.05) is 31.3 Å². The summed E-state index contributed by atoms with van der Waals surface area (Å²) in [6, 6.07) is 0. The van der Waals surface area contributed by atoms with E-state index in [1.54, 1.807) is 17.1 Å². The van der Waals surface area contributed by atoms with E-state index in [9.17, 15) is 9.59 Å². The minimum atomic E-state index is -0.382. The van der Waals surface area contributed by atoms with Crippen LogP contribution in [0.5, 0.6) is 0 Å². The molecule has 1 aliphatic carbocycles. The first-order valence-electron chi connectivity index (χ1n) is 11.2. The second-order valence-electron chi connectivity index (χ2n) is 9.67. The number of rotatable bonds is 7. The summed E-state index contributed by atoms with van der Waals surface area (Å²) in [7, 11) is 0. The molecular weight excluding hydrogens is 384 g/mol. The van der Waals surface area contributed by atoms with Gasteiger partial charge in [0.25, 0.3) is 5.91 Å². The van der Waals surface area contributed by atoms with Crippen molar-refractivity contribution >= 4 is 17.5 Å². The number of anilines is 1. The number of ether oxygens (including phenoxy) is 2. The minimum absolute atomic E-state index is 0.0408. The highest BCUT2D eigenvalue weighted by Crippen LogP contribution is 2.33. The van der Waals surface area contributed by atoms with Crippen molar-refractivity contribution < 1.29 is 19.1 Å². The molecule has 3 aliphatic rings. The van der Waals surface area contributed by atoms with Crippen LogP contribution in [0.3, 0.4) is 0 Å². The predicted octanol–water partition coefficient (Wildman–Crippen LogP) is 2.44. The largest absolute Gasteiger partial charge is 0.378 e. The van der Waals surface area contributed by atoms with Crippen molar-refractivity contribution in [3.8, 4) is 0 Å². The Labute approximate surface area is 178 Å². The van der Waals surface area contributed by atoms with E-state index >= 15 is 0 Å². The Morgan fingerprint density at radius 2 is 2.03 bits per heavy atom. The van der Waals surface area contributed by atoms with Crippen molar-refractivity contribution in [2.45, 2.75) is 71.1 Å². The summed E-state index contributed by atoms with van der Waals surface area (Å²) in [5, 5.41) is 7.02. The van der Waals surface area contributed by atoms with Gasteiger partial charge in [0.05, 0.1) is 24.6 Å². The summed E-state index contributed by atoms with van der Waals surface area (Å²) in [6.45, 7) is 7.47. The Bertz CT molecular complexity index is 744. The highest BCUT2D eigenvalue weighted by Gasteiger charge is 2.42. The summed E-state index contributed by atoms with van der Waals surface area (Å²) >= 11 is 0. The fraction of sp³-hybridized carbons (Fsp3) is 0.773. The molecule has 2 saturated heterocycles. The van der Waals surface area contributed by atoms with Crippen molar-refractivity contribution in [2.24, 2.45) is 11.3 Å². The first kappa shape index (κ1) is 21.3. The Kier molecular flexibility index (Phi) is 6.43. The van der Waals surface area contributed by atoms with Crippen LogP contribution in [0.2, 0.25) is 0 Å². The third kappa shape index (κ3) is 5.21. The third-order valence-corrected chi connectivity index (χ3v) is 6.55. The van der Waals surface area contributed by atoms with E-state index in [4.69, 9.17) is 9.47 Å². The molecule has 4 rings (SSSR count). The SMILES string of the molecule is CC1CCC(OCC2(C)CN(C(=O)Cn3cc(NC(=O)C4CCCO4)cn3)C2)CC1. The number of aromatic nitrogens is 2. The number of amides is 2. The smallest absolute Gasteiger partial charge is 0.253 e. The first-order chi connectivity index (χ1) is 14.4. The Hall–Kier alpha value is -1.93. The van der Waals surface area contributed by atoms with Crippen LogP contribution in [-0.2, 0) is 25.6 Å². The maximum absolute atomic E-state index is 12.6. The Morgan fingerprint density at radius 3 is 2.73 bits per heavy atom. The average Bonchev–Trinajstić information content (AvgIpc) is 3.37. The van der Waals surface area contributed by atoms with Gasteiger partial charge in [-0.3, -0.25) is 14.3 Å². The van der Waals surface area contributed by atoms with Gasteiger partial charge in [-0.2, -0.15) is 5.10 Å². The van der Waals surface area contributed by atoms with E-state index in [2.05, 4.69) is 24.3 Å². The highest BCUT2D eigenvalue weighted by atomic mass is 16.5. The van der Waals surface area contributed by atoms with Crippen molar-refractivity contribution in [3.05, 3.63) is 12.4 Å². The standard InChI is InChI=1S/C22H34N4O4/c1-16-5-7-18(8-6-16)30-15-22(2)13-25(14-22)20(27)12-26-11-17(10-23-26)24-21(28)19-4-3-9-29-19/h10-11,16,18-19H,3-9,12-15H2,1-2H3,(H,24,28). The number of hydrogen-bond acceptors (Lipinski definition) is 5. The summed E-state index contributed by atoms with van der Waals surface area (Å²) < 4.78 is 13.1. The van der Waals surface area contributed by atoms with Crippen molar-refractivity contribution in [3.63, 3.8) is 0 Å². The second kappa shape index (κ2) is 9.06. The lowest BCUT2D eigenvalue weighted by molar-refractivity contribution is -0.149. The van der Waals surface area contributed by atoms with E-state index in [-0.39, 0.29) is 29.9 Å². The number of likely N-dealkylation sites (tertiary alicyclic amines) is 1. The fourth-order valence-electron chi connectivity index (χ4n) is 4.62. The topological polar surface area (TPSA) is 85.7 Å². The molecule has 1 aromatic rings. The maximum atomic E-state index is 12.6. The van der Waals surface area contributed by atoms with Crippen LogP contribution in [0.15, 0.2) is 12.4 Å². The molecule has 30 heavy (non-hydrogen) atoms. The average molecular weight is 419 g/mol. The number of carbonyl (C=O) groups excluding carboxylic acids is 2. The van der Waals surface area contributed by atoms with E-state index < -0.39 is 0 Å². The molecule has 3 fully saturated rings. The summed E-state index contributed by atoms with van der Waals surface area (Å²) in [5.41, 5.74) is 0.635. The van der Waals surface area contributed by atoms with Gasteiger partial charge in [-0.05, 0) is 44.4 Å². The summed E-state index contributed by atoms with van der Waals surface area (Å²) in [5.74, 6) is 0.716. The molecule has 1 N–H and O–H groups in total. The van der Waals surface area contributed by atoms with Gasteiger partial charge in [0.1, 0.15) is 12.6 Å². The van der Waals surface area contributed by atoms with Gasteiger partial charge in [-0.1, -0.05) is 13.8 Å². The molecule has 166 valence electrons. The second-order valence-corrected chi connectivity index (χ2v) is 9.67. The van der Waals surface area contributed by atoms with Crippen LogP contribution in [0.1, 0.15) is 52.4 Å². The summed E-state index contributed by atoms with van der Waals surface area (Å²) in [4.78, 5) is 26.6. The minimum Gasteiger partial charge on any atom is -0.378 e. The van der Waals surface area contributed by atoms with E-state index in [1.165, 1.54) is 12.8 Å². The maximum Gasteiger partial charge on any atom is 0.253 e. The molecule has 1 saturated carbocycles. The van der Waals surface area contributed by atoms with Gasteiger partial charge in [-0.15, -0.1) is 0 Å². The van der Waals surface area contributed by atoms with Gasteiger partial charge in [0.2, 0.25) is 5.91 Å². The lowest BCUT2D eigenvalue weighted by Crippen LogP contribution is -2.59. The molecule has 8 nitrogen and oxygen atoms in total. The molecule has 3 heterocycles. The molecule has 0 spiro atoms. The van der Waals surface area contributed by atoms with Gasteiger partial charge in [-0.25, -0.2) is 0 Å². The molecule has 0 bridgehead atoms. The van der Waals surface area contributed by atoms with E-state index in [1.807, 2.05) is 4.90 Å². The van der Waals surface area contributed by atoms with Crippen LogP contribution in [0.4, 0.5) is 5.69 Å². The van der Waals surface area contributed by atoms with Crippen LogP contribution < -0.4 is 5.32 Å². The summed E-state index contributed by atoms with van der Waals surface area (Å²) in [6.07, 6.45) is 9.74.